The molecule has 1 amide bonds. The largest absolute Gasteiger partial charge is 0.350 e. The highest BCUT2D eigenvalue weighted by atomic mass is 35.5. The summed E-state index contributed by atoms with van der Waals surface area (Å²) in [7, 11) is 0. The van der Waals surface area contributed by atoms with Gasteiger partial charge in [0.15, 0.2) is 0 Å². The van der Waals surface area contributed by atoms with Gasteiger partial charge in [-0.25, -0.2) is 0 Å². The Morgan fingerprint density at radius 3 is 2.53 bits per heavy atom. The minimum Gasteiger partial charge on any atom is -0.350 e. The van der Waals surface area contributed by atoms with Crippen LogP contribution in [0.25, 0.3) is 0 Å². The van der Waals surface area contributed by atoms with Crippen LogP contribution in [0.4, 0.5) is 0 Å². The third-order valence-electron chi connectivity index (χ3n) is 2.54. The van der Waals surface area contributed by atoms with Gasteiger partial charge in [0.2, 0.25) is 11.5 Å². The highest BCUT2D eigenvalue weighted by Gasteiger charge is 2.45. The molecule has 0 bridgehead atoms. The Morgan fingerprint density at radius 2 is 2.06 bits per heavy atom. The number of amides is 1. The van der Waals surface area contributed by atoms with Crippen LogP contribution in [0.5, 0.6) is 0 Å². The van der Waals surface area contributed by atoms with Crippen LogP contribution in [0.15, 0.2) is 23.1 Å². The van der Waals surface area contributed by atoms with Crippen LogP contribution >= 0.6 is 24.8 Å². The number of carbonyl (C=O) groups is 1. The summed E-state index contributed by atoms with van der Waals surface area (Å²) in [4.78, 5) is 24.8. The third kappa shape index (κ3) is 4.03. The zero-order chi connectivity index (χ0) is 10.9. The molecule has 1 aliphatic carbocycles. The molecular formula is C10H15Cl2N3O2. The second-order valence-corrected chi connectivity index (χ2v) is 3.90. The minimum absolute atomic E-state index is 0. The van der Waals surface area contributed by atoms with E-state index < -0.39 is 5.54 Å². The van der Waals surface area contributed by atoms with E-state index in [0.29, 0.717) is 6.54 Å². The molecule has 1 aromatic heterocycles. The van der Waals surface area contributed by atoms with Gasteiger partial charge in [-0.2, -0.15) is 0 Å². The zero-order valence-corrected chi connectivity index (χ0v) is 10.7. The van der Waals surface area contributed by atoms with Crippen LogP contribution < -0.4 is 16.6 Å². The Bertz CT molecular complexity index is 423. The van der Waals surface area contributed by atoms with Crippen molar-refractivity contribution in [1.29, 1.82) is 0 Å². The zero-order valence-electron chi connectivity index (χ0n) is 9.06. The summed E-state index contributed by atoms with van der Waals surface area (Å²) in [6.07, 6.45) is 3.09. The second kappa shape index (κ2) is 6.05. The van der Waals surface area contributed by atoms with E-state index in [9.17, 15) is 9.59 Å². The number of aromatic nitrogens is 1. The fraction of sp³-hybridized carbons (Fsp3) is 0.400. The van der Waals surface area contributed by atoms with Gasteiger partial charge in [0.25, 0.3) is 0 Å². The molecular weight excluding hydrogens is 265 g/mol. The van der Waals surface area contributed by atoms with Gasteiger partial charge in [-0.1, -0.05) is 6.07 Å². The summed E-state index contributed by atoms with van der Waals surface area (Å²) in [5.41, 5.74) is 5.78. The van der Waals surface area contributed by atoms with Crippen molar-refractivity contribution in [2.45, 2.75) is 24.9 Å². The number of nitrogens with two attached hydrogens (primary N) is 1. The summed E-state index contributed by atoms with van der Waals surface area (Å²) >= 11 is 0. The first-order valence-corrected chi connectivity index (χ1v) is 4.85. The Kier molecular flexibility index (Phi) is 5.68. The maximum atomic E-state index is 11.5. The number of halogens is 2. The van der Waals surface area contributed by atoms with Crippen LogP contribution in [0, 0.1) is 0 Å². The second-order valence-electron chi connectivity index (χ2n) is 3.90. The van der Waals surface area contributed by atoms with Gasteiger partial charge >= 0.3 is 0 Å². The molecule has 4 N–H and O–H groups in total. The first-order valence-electron chi connectivity index (χ1n) is 4.85. The van der Waals surface area contributed by atoms with Crippen LogP contribution in [0.1, 0.15) is 18.4 Å². The fourth-order valence-corrected chi connectivity index (χ4v) is 1.27. The van der Waals surface area contributed by atoms with Crippen LogP contribution in [-0.2, 0) is 11.3 Å². The predicted molar refractivity (Wildman–Crippen MR) is 69.6 cm³/mol. The average Bonchev–Trinajstić information content (AvgIpc) is 2.97. The van der Waals surface area contributed by atoms with E-state index in [2.05, 4.69) is 10.3 Å². The number of H-pyrrole nitrogens is 1. The summed E-state index contributed by atoms with van der Waals surface area (Å²) in [5.74, 6) is -0.117. The fourth-order valence-electron chi connectivity index (χ4n) is 1.27. The summed E-state index contributed by atoms with van der Waals surface area (Å²) in [6, 6.07) is 3.10. The molecule has 0 saturated heterocycles. The Balaban J connectivity index is 0.00000128. The molecule has 17 heavy (non-hydrogen) atoms. The molecule has 7 heteroatoms. The summed E-state index contributed by atoms with van der Waals surface area (Å²) < 4.78 is 0. The number of pyridine rings is 1. The Labute approximate surface area is 111 Å². The van der Waals surface area contributed by atoms with Gasteiger partial charge in [-0.3, -0.25) is 9.59 Å². The van der Waals surface area contributed by atoms with E-state index in [0.717, 1.165) is 18.4 Å². The van der Waals surface area contributed by atoms with E-state index in [1.165, 1.54) is 6.07 Å². The van der Waals surface area contributed by atoms with Crippen LogP contribution in [-0.4, -0.2) is 16.4 Å². The summed E-state index contributed by atoms with van der Waals surface area (Å²) in [5, 5.41) is 2.73. The monoisotopic (exact) mass is 279 g/mol. The SMILES string of the molecule is Cl.Cl.NC1(C(=O)NCc2ccc(=O)[nH]c2)CC1. The highest BCUT2D eigenvalue weighted by Crippen LogP contribution is 2.32. The van der Waals surface area contributed by atoms with Crippen molar-refractivity contribution in [3.05, 3.63) is 34.2 Å². The topological polar surface area (TPSA) is 88.0 Å². The smallest absolute Gasteiger partial charge is 0.247 e. The van der Waals surface area contributed by atoms with Gasteiger partial charge < -0.3 is 16.0 Å². The number of rotatable bonds is 3. The van der Waals surface area contributed by atoms with Gasteiger partial charge in [0.1, 0.15) is 0 Å². The molecule has 0 spiro atoms. The molecule has 0 unspecified atom stereocenters. The number of nitrogens with one attached hydrogen (secondary N) is 2. The van der Waals surface area contributed by atoms with Gasteiger partial charge in [-0.15, -0.1) is 24.8 Å². The molecule has 1 saturated carbocycles. The Morgan fingerprint density at radius 1 is 1.41 bits per heavy atom. The normalized spacial score (nSPS) is 15.1. The molecule has 0 aliphatic heterocycles. The average molecular weight is 280 g/mol. The van der Waals surface area contributed by atoms with Gasteiger partial charge in [-0.05, 0) is 18.4 Å². The van der Waals surface area contributed by atoms with Crippen molar-refractivity contribution < 1.29 is 4.79 Å². The first kappa shape index (κ1) is 16.0. The van der Waals surface area contributed by atoms with Crippen LogP contribution in [0.3, 0.4) is 0 Å². The number of carbonyl (C=O) groups excluding carboxylic acids is 1. The molecule has 0 radical (unpaired) electrons. The van der Waals surface area contributed by atoms with Crippen molar-refractivity contribution in [3.8, 4) is 0 Å². The lowest BCUT2D eigenvalue weighted by Gasteiger charge is -2.09. The molecule has 1 heterocycles. The number of hydrogen-bond donors (Lipinski definition) is 3. The van der Waals surface area contributed by atoms with Gasteiger partial charge in [0.05, 0.1) is 5.54 Å². The number of aromatic amines is 1. The first-order chi connectivity index (χ1) is 7.10. The molecule has 0 aromatic carbocycles. The van der Waals surface area contributed by atoms with Crippen molar-refractivity contribution >= 4 is 30.7 Å². The molecule has 2 rings (SSSR count). The van der Waals surface area contributed by atoms with Crippen LogP contribution in [0.2, 0.25) is 0 Å². The predicted octanol–water partition coefficient (Wildman–Crippen LogP) is 0.326. The standard InChI is InChI=1S/C10H13N3O2.2ClH/c11-10(3-4-10)9(15)13-6-7-1-2-8(14)12-5-7;;/h1-2,5H,3-4,6,11H2,(H,12,14)(H,13,15);2*1H. The van der Waals surface area contributed by atoms with Crippen molar-refractivity contribution in [1.82, 2.24) is 10.3 Å². The lowest BCUT2D eigenvalue weighted by molar-refractivity contribution is -0.123. The molecule has 0 atom stereocenters. The van der Waals surface area contributed by atoms with Crippen molar-refractivity contribution in [3.63, 3.8) is 0 Å². The quantitative estimate of drug-likeness (QED) is 0.745. The van der Waals surface area contributed by atoms with Crippen molar-refractivity contribution in [2.24, 2.45) is 5.73 Å². The lowest BCUT2D eigenvalue weighted by Crippen LogP contribution is -2.42. The molecule has 1 fully saturated rings. The highest BCUT2D eigenvalue weighted by molar-refractivity contribution is 5.88. The van der Waals surface area contributed by atoms with Crippen molar-refractivity contribution in [2.75, 3.05) is 0 Å². The minimum atomic E-state index is -0.637. The van der Waals surface area contributed by atoms with E-state index in [1.807, 2.05) is 0 Å². The lowest BCUT2D eigenvalue weighted by atomic mass is 10.2. The van der Waals surface area contributed by atoms with E-state index in [1.54, 1.807) is 12.3 Å². The summed E-state index contributed by atoms with van der Waals surface area (Å²) in [6.45, 7) is 0.397. The van der Waals surface area contributed by atoms with E-state index in [-0.39, 0.29) is 36.3 Å². The van der Waals surface area contributed by atoms with E-state index >= 15 is 0 Å². The van der Waals surface area contributed by atoms with Gasteiger partial charge in [0, 0.05) is 18.8 Å². The third-order valence-corrected chi connectivity index (χ3v) is 2.54. The van der Waals surface area contributed by atoms with E-state index in [4.69, 9.17) is 5.73 Å². The molecule has 1 aromatic rings. The molecule has 1 aliphatic rings. The maximum absolute atomic E-state index is 11.5. The maximum Gasteiger partial charge on any atom is 0.247 e. The molecule has 96 valence electrons. The Hall–Kier alpha value is -1.04. The molecule has 5 nitrogen and oxygen atoms in total. The number of hydrogen-bond acceptors (Lipinski definition) is 3.